The van der Waals surface area contributed by atoms with Crippen molar-refractivity contribution in [3.8, 4) is 5.75 Å². The van der Waals surface area contributed by atoms with Gasteiger partial charge in [0.2, 0.25) is 0 Å². The summed E-state index contributed by atoms with van der Waals surface area (Å²) in [6.07, 6.45) is 2.17. The summed E-state index contributed by atoms with van der Waals surface area (Å²) in [6, 6.07) is 6.75. The Balaban J connectivity index is 2.33. The van der Waals surface area contributed by atoms with Crippen molar-refractivity contribution in [2.75, 3.05) is 7.11 Å². The van der Waals surface area contributed by atoms with Gasteiger partial charge in [-0.25, -0.2) is 0 Å². The van der Waals surface area contributed by atoms with Crippen molar-refractivity contribution in [2.24, 2.45) is 5.73 Å². The predicted octanol–water partition coefficient (Wildman–Crippen LogP) is 2.07. The molecule has 1 fully saturated rings. The largest absolute Gasteiger partial charge is 0.496 e. The van der Waals surface area contributed by atoms with Gasteiger partial charge in [0.1, 0.15) is 5.75 Å². The first-order valence-corrected chi connectivity index (χ1v) is 5.18. The van der Waals surface area contributed by atoms with Crippen molar-refractivity contribution in [2.45, 2.75) is 31.7 Å². The van der Waals surface area contributed by atoms with Gasteiger partial charge in [0.15, 0.2) is 0 Å². The summed E-state index contributed by atoms with van der Waals surface area (Å²) in [5.74, 6) is 1.51. The summed E-state index contributed by atoms with van der Waals surface area (Å²) in [4.78, 5) is 0. The van der Waals surface area contributed by atoms with Crippen molar-refractivity contribution < 1.29 is 4.74 Å². The molecule has 2 heteroatoms. The third kappa shape index (κ3) is 1.62. The first-order chi connectivity index (χ1) is 6.76. The molecule has 0 amide bonds. The molecule has 2 atom stereocenters. The van der Waals surface area contributed by atoms with Crippen LogP contribution in [0.3, 0.4) is 0 Å². The lowest BCUT2D eigenvalue weighted by atomic mass is 10.0. The van der Waals surface area contributed by atoms with Crippen molar-refractivity contribution in [3.05, 3.63) is 29.3 Å². The van der Waals surface area contributed by atoms with Crippen LogP contribution in [0.4, 0.5) is 0 Å². The summed E-state index contributed by atoms with van der Waals surface area (Å²) in [6.45, 7) is 2.17. The van der Waals surface area contributed by atoms with Gasteiger partial charge in [-0.3, -0.25) is 0 Å². The Morgan fingerprint density at radius 2 is 2.21 bits per heavy atom. The van der Waals surface area contributed by atoms with Gasteiger partial charge in [0.25, 0.3) is 0 Å². The smallest absolute Gasteiger partial charge is 0.122 e. The van der Waals surface area contributed by atoms with Gasteiger partial charge in [0, 0.05) is 12.0 Å². The number of ether oxygens (including phenoxy) is 1. The maximum Gasteiger partial charge on any atom is 0.122 e. The molecule has 14 heavy (non-hydrogen) atoms. The second kappa shape index (κ2) is 3.62. The summed E-state index contributed by atoms with van der Waals surface area (Å²) in [7, 11) is 1.72. The highest BCUT2D eigenvalue weighted by Crippen LogP contribution is 2.43. The number of rotatable bonds is 3. The summed E-state index contributed by atoms with van der Waals surface area (Å²) < 4.78 is 5.34. The molecule has 2 N–H and O–H groups in total. The Bertz CT molecular complexity index is 335. The molecule has 0 saturated heterocycles. The molecule has 76 valence electrons. The van der Waals surface area contributed by atoms with Crippen molar-refractivity contribution in [1.29, 1.82) is 0 Å². The Morgan fingerprint density at radius 3 is 2.71 bits per heavy atom. The molecule has 2 rings (SSSR count). The van der Waals surface area contributed by atoms with E-state index in [1.165, 1.54) is 11.1 Å². The minimum Gasteiger partial charge on any atom is -0.496 e. The summed E-state index contributed by atoms with van der Waals surface area (Å²) in [5, 5.41) is 0. The molecular formula is C12H17NO. The van der Waals surface area contributed by atoms with E-state index in [0.29, 0.717) is 12.0 Å². The van der Waals surface area contributed by atoms with E-state index in [1.807, 2.05) is 0 Å². The lowest BCUT2D eigenvalue weighted by molar-refractivity contribution is 0.409. The fourth-order valence-electron chi connectivity index (χ4n) is 1.87. The van der Waals surface area contributed by atoms with E-state index >= 15 is 0 Å². The Kier molecular flexibility index (Phi) is 2.46. The monoisotopic (exact) mass is 191 g/mol. The summed E-state index contributed by atoms with van der Waals surface area (Å²) >= 11 is 0. The minimum atomic E-state index is 0.344. The molecule has 2 unspecified atom stereocenters. The zero-order valence-corrected chi connectivity index (χ0v) is 8.79. The number of aryl methyl sites for hydroxylation is 1. The lowest BCUT2D eigenvalue weighted by Gasteiger charge is -2.09. The number of benzene rings is 1. The fourth-order valence-corrected chi connectivity index (χ4v) is 1.87. The SMILES string of the molecule is CCc1ccc(OC)c(C2CC2N)c1. The molecule has 1 aromatic carbocycles. The zero-order valence-electron chi connectivity index (χ0n) is 8.79. The van der Waals surface area contributed by atoms with Crippen LogP contribution >= 0.6 is 0 Å². The molecule has 2 nitrogen and oxygen atoms in total. The molecule has 0 spiro atoms. The molecule has 1 saturated carbocycles. The average Bonchev–Trinajstić information content (AvgIpc) is 2.94. The third-order valence-electron chi connectivity index (χ3n) is 2.94. The normalized spacial score (nSPS) is 24.8. The highest BCUT2D eigenvalue weighted by atomic mass is 16.5. The van der Waals surface area contributed by atoms with Crippen LogP contribution in [0.1, 0.15) is 30.4 Å². The van der Waals surface area contributed by atoms with E-state index in [2.05, 4.69) is 25.1 Å². The van der Waals surface area contributed by atoms with E-state index in [4.69, 9.17) is 10.5 Å². The van der Waals surface area contributed by atoms with Gasteiger partial charge >= 0.3 is 0 Å². The quantitative estimate of drug-likeness (QED) is 0.793. The molecule has 1 aromatic rings. The van der Waals surface area contributed by atoms with Crippen LogP contribution in [0.25, 0.3) is 0 Å². The van der Waals surface area contributed by atoms with Gasteiger partial charge in [-0.1, -0.05) is 19.1 Å². The summed E-state index contributed by atoms with van der Waals surface area (Å²) in [5.41, 5.74) is 8.51. The van der Waals surface area contributed by atoms with E-state index in [9.17, 15) is 0 Å². The molecule has 1 aliphatic carbocycles. The molecule has 0 radical (unpaired) electrons. The molecule has 0 aromatic heterocycles. The fraction of sp³-hybridized carbons (Fsp3) is 0.500. The van der Waals surface area contributed by atoms with Crippen LogP contribution in [0.2, 0.25) is 0 Å². The second-order valence-electron chi connectivity index (χ2n) is 3.94. The third-order valence-corrected chi connectivity index (χ3v) is 2.94. The molecule has 0 heterocycles. The number of methoxy groups -OCH3 is 1. The molecule has 1 aliphatic rings. The molecular weight excluding hydrogens is 174 g/mol. The highest BCUT2D eigenvalue weighted by Gasteiger charge is 2.36. The second-order valence-corrected chi connectivity index (χ2v) is 3.94. The number of nitrogens with two attached hydrogens (primary N) is 1. The van der Waals surface area contributed by atoms with Gasteiger partial charge in [-0.15, -0.1) is 0 Å². The van der Waals surface area contributed by atoms with Gasteiger partial charge < -0.3 is 10.5 Å². The van der Waals surface area contributed by atoms with Gasteiger partial charge in [-0.2, -0.15) is 0 Å². The van der Waals surface area contributed by atoms with E-state index in [0.717, 1.165) is 18.6 Å². The molecule has 0 aliphatic heterocycles. The maximum absolute atomic E-state index is 5.86. The topological polar surface area (TPSA) is 35.2 Å². The van der Waals surface area contributed by atoms with Crippen LogP contribution in [0.15, 0.2) is 18.2 Å². The van der Waals surface area contributed by atoms with E-state index in [1.54, 1.807) is 7.11 Å². The van der Waals surface area contributed by atoms with Crippen LogP contribution in [-0.4, -0.2) is 13.2 Å². The maximum atomic E-state index is 5.86. The number of hydrogen-bond acceptors (Lipinski definition) is 2. The van der Waals surface area contributed by atoms with Gasteiger partial charge in [0.05, 0.1) is 7.11 Å². The van der Waals surface area contributed by atoms with Crippen LogP contribution < -0.4 is 10.5 Å². The Labute approximate surface area is 85.1 Å². The van der Waals surface area contributed by atoms with Crippen molar-refractivity contribution in [3.63, 3.8) is 0 Å². The van der Waals surface area contributed by atoms with Crippen LogP contribution in [-0.2, 0) is 6.42 Å². The Hall–Kier alpha value is -1.02. The minimum absolute atomic E-state index is 0.344. The zero-order chi connectivity index (χ0) is 10.1. The van der Waals surface area contributed by atoms with Crippen molar-refractivity contribution >= 4 is 0 Å². The first kappa shape index (κ1) is 9.53. The van der Waals surface area contributed by atoms with Crippen LogP contribution in [0, 0.1) is 0 Å². The highest BCUT2D eigenvalue weighted by molar-refractivity contribution is 5.43. The van der Waals surface area contributed by atoms with E-state index in [-0.39, 0.29) is 0 Å². The lowest BCUT2D eigenvalue weighted by Crippen LogP contribution is -2.02. The van der Waals surface area contributed by atoms with E-state index < -0.39 is 0 Å². The van der Waals surface area contributed by atoms with Crippen molar-refractivity contribution in [1.82, 2.24) is 0 Å². The van der Waals surface area contributed by atoms with Gasteiger partial charge in [-0.05, 0) is 30.0 Å². The average molecular weight is 191 g/mol. The first-order valence-electron chi connectivity index (χ1n) is 5.18. The number of hydrogen-bond donors (Lipinski definition) is 1. The van der Waals surface area contributed by atoms with Crippen LogP contribution in [0.5, 0.6) is 5.75 Å². The Morgan fingerprint density at radius 1 is 1.50 bits per heavy atom. The standard InChI is InChI=1S/C12H17NO/c1-3-8-4-5-12(14-2)10(6-8)9-7-11(9)13/h4-6,9,11H,3,7,13H2,1-2H3. The predicted molar refractivity (Wildman–Crippen MR) is 57.7 cm³/mol. The molecule has 0 bridgehead atoms.